The third kappa shape index (κ3) is 1.74. The van der Waals surface area contributed by atoms with Gasteiger partial charge in [-0.15, -0.1) is 0 Å². The van der Waals surface area contributed by atoms with E-state index in [2.05, 4.69) is 38.2 Å². The molecule has 3 aromatic rings. The molecule has 0 saturated carbocycles. The molecule has 3 rings (SSSR count). The maximum atomic E-state index is 5.22. The molecule has 0 aliphatic rings. The zero-order valence-electron chi connectivity index (χ0n) is 9.14. The molecular formula is C13H9BrN2O. The number of rotatable bonds is 1. The molecule has 2 aromatic carbocycles. The van der Waals surface area contributed by atoms with Crippen LogP contribution in [0.5, 0.6) is 0 Å². The second-order valence-electron chi connectivity index (χ2n) is 3.79. The minimum Gasteiger partial charge on any atom is -0.334 e. The van der Waals surface area contributed by atoms with Crippen LogP contribution in [0.3, 0.4) is 0 Å². The first kappa shape index (κ1) is 10.5. The Morgan fingerprint density at radius 1 is 1.06 bits per heavy atom. The topological polar surface area (TPSA) is 38.9 Å². The molecule has 0 bridgehead atoms. The average molecular weight is 289 g/mol. The van der Waals surface area contributed by atoms with E-state index >= 15 is 0 Å². The number of aromatic nitrogens is 2. The Morgan fingerprint density at radius 2 is 1.82 bits per heavy atom. The van der Waals surface area contributed by atoms with Gasteiger partial charge in [-0.2, -0.15) is 4.98 Å². The molecule has 84 valence electrons. The SMILES string of the molecule is Cc1noc(-c2cccc3c(Br)cccc23)n1. The van der Waals surface area contributed by atoms with E-state index in [4.69, 9.17) is 4.52 Å². The monoisotopic (exact) mass is 288 g/mol. The lowest BCUT2D eigenvalue weighted by Crippen LogP contribution is -1.82. The van der Waals surface area contributed by atoms with Crippen LogP contribution in [0.15, 0.2) is 45.4 Å². The number of benzene rings is 2. The van der Waals surface area contributed by atoms with Crippen LogP contribution in [0.4, 0.5) is 0 Å². The fourth-order valence-electron chi connectivity index (χ4n) is 1.86. The van der Waals surface area contributed by atoms with Gasteiger partial charge in [0.1, 0.15) is 0 Å². The van der Waals surface area contributed by atoms with Gasteiger partial charge in [0.2, 0.25) is 0 Å². The van der Waals surface area contributed by atoms with Gasteiger partial charge in [0, 0.05) is 10.0 Å². The minimum absolute atomic E-state index is 0.561. The van der Waals surface area contributed by atoms with E-state index in [1.54, 1.807) is 0 Å². The normalized spacial score (nSPS) is 10.9. The fraction of sp³-hybridized carbons (Fsp3) is 0.0769. The largest absolute Gasteiger partial charge is 0.334 e. The first-order valence-electron chi connectivity index (χ1n) is 5.23. The molecule has 0 atom stereocenters. The smallest absolute Gasteiger partial charge is 0.258 e. The maximum absolute atomic E-state index is 5.22. The molecule has 0 aliphatic carbocycles. The number of hydrogen-bond donors (Lipinski definition) is 0. The Kier molecular flexibility index (Phi) is 2.44. The lowest BCUT2D eigenvalue weighted by molar-refractivity contribution is 0.426. The Hall–Kier alpha value is -1.68. The van der Waals surface area contributed by atoms with Crippen molar-refractivity contribution >= 4 is 26.7 Å². The molecule has 17 heavy (non-hydrogen) atoms. The molecule has 0 amide bonds. The van der Waals surface area contributed by atoms with Crippen molar-refractivity contribution in [3.8, 4) is 11.5 Å². The van der Waals surface area contributed by atoms with E-state index in [0.717, 1.165) is 20.8 Å². The van der Waals surface area contributed by atoms with Gasteiger partial charge in [0.25, 0.3) is 5.89 Å². The predicted molar refractivity (Wildman–Crippen MR) is 69.7 cm³/mol. The highest BCUT2D eigenvalue weighted by molar-refractivity contribution is 9.10. The van der Waals surface area contributed by atoms with Crippen LogP contribution in [0.25, 0.3) is 22.2 Å². The summed E-state index contributed by atoms with van der Waals surface area (Å²) in [5, 5.41) is 6.07. The highest BCUT2D eigenvalue weighted by Crippen LogP contribution is 2.31. The Labute approximate surface area is 107 Å². The first-order chi connectivity index (χ1) is 8.25. The second kappa shape index (κ2) is 3.96. The quantitative estimate of drug-likeness (QED) is 0.680. The van der Waals surface area contributed by atoms with Gasteiger partial charge in [-0.1, -0.05) is 45.4 Å². The second-order valence-corrected chi connectivity index (χ2v) is 4.64. The van der Waals surface area contributed by atoms with Crippen molar-refractivity contribution in [1.82, 2.24) is 10.1 Å². The van der Waals surface area contributed by atoms with Crippen LogP contribution in [0, 0.1) is 6.92 Å². The molecule has 0 spiro atoms. The number of nitrogens with zero attached hydrogens (tertiary/aromatic N) is 2. The summed E-state index contributed by atoms with van der Waals surface area (Å²) in [7, 11) is 0. The average Bonchev–Trinajstić information content (AvgIpc) is 2.76. The van der Waals surface area contributed by atoms with E-state index in [1.165, 1.54) is 0 Å². The standard InChI is InChI=1S/C13H9BrN2O/c1-8-15-13(17-16-8)11-6-2-5-10-9(11)4-3-7-12(10)14/h2-7H,1H3. The first-order valence-corrected chi connectivity index (χ1v) is 6.03. The molecule has 0 aliphatic heterocycles. The summed E-state index contributed by atoms with van der Waals surface area (Å²) in [5.74, 6) is 1.21. The van der Waals surface area contributed by atoms with Gasteiger partial charge in [0.15, 0.2) is 5.82 Å². The third-order valence-electron chi connectivity index (χ3n) is 2.63. The lowest BCUT2D eigenvalue weighted by atomic mass is 10.0. The van der Waals surface area contributed by atoms with Gasteiger partial charge >= 0.3 is 0 Å². The van der Waals surface area contributed by atoms with Crippen molar-refractivity contribution in [2.24, 2.45) is 0 Å². The van der Waals surface area contributed by atoms with Gasteiger partial charge in [-0.3, -0.25) is 0 Å². The summed E-state index contributed by atoms with van der Waals surface area (Å²) in [4.78, 5) is 4.27. The molecular weight excluding hydrogens is 280 g/mol. The van der Waals surface area contributed by atoms with Crippen molar-refractivity contribution in [2.45, 2.75) is 6.92 Å². The summed E-state index contributed by atoms with van der Waals surface area (Å²) in [6.07, 6.45) is 0. The van der Waals surface area contributed by atoms with Crippen molar-refractivity contribution in [2.75, 3.05) is 0 Å². The lowest BCUT2D eigenvalue weighted by Gasteiger charge is -2.03. The predicted octanol–water partition coefficient (Wildman–Crippen LogP) is 3.96. The molecule has 0 radical (unpaired) electrons. The van der Waals surface area contributed by atoms with Crippen LogP contribution in [0.1, 0.15) is 5.82 Å². The van der Waals surface area contributed by atoms with Crippen molar-refractivity contribution in [3.05, 3.63) is 46.7 Å². The van der Waals surface area contributed by atoms with E-state index in [-0.39, 0.29) is 0 Å². The number of hydrogen-bond acceptors (Lipinski definition) is 3. The zero-order chi connectivity index (χ0) is 11.8. The zero-order valence-corrected chi connectivity index (χ0v) is 10.7. The van der Waals surface area contributed by atoms with E-state index in [9.17, 15) is 0 Å². The minimum atomic E-state index is 0.561. The molecule has 0 saturated heterocycles. The van der Waals surface area contributed by atoms with E-state index in [0.29, 0.717) is 11.7 Å². The fourth-order valence-corrected chi connectivity index (χ4v) is 2.36. The van der Waals surface area contributed by atoms with Crippen LogP contribution >= 0.6 is 15.9 Å². The van der Waals surface area contributed by atoms with Crippen LogP contribution in [-0.2, 0) is 0 Å². The summed E-state index contributed by atoms with van der Waals surface area (Å²) in [5.41, 5.74) is 0.962. The van der Waals surface area contributed by atoms with Gasteiger partial charge in [-0.25, -0.2) is 0 Å². The number of halogens is 1. The Morgan fingerprint density at radius 3 is 2.59 bits per heavy atom. The number of aryl methyl sites for hydroxylation is 1. The third-order valence-corrected chi connectivity index (χ3v) is 3.32. The van der Waals surface area contributed by atoms with Crippen molar-refractivity contribution in [1.29, 1.82) is 0 Å². The molecule has 0 fully saturated rings. The molecule has 1 aromatic heterocycles. The summed E-state index contributed by atoms with van der Waals surface area (Å²) >= 11 is 3.54. The molecule has 0 N–H and O–H groups in total. The Bertz CT molecular complexity index is 691. The number of fused-ring (bicyclic) bond motifs is 1. The van der Waals surface area contributed by atoms with Crippen molar-refractivity contribution in [3.63, 3.8) is 0 Å². The maximum Gasteiger partial charge on any atom is 0.258 e. The highest BCUT2D eigenvalue weighted by atomic mass is 79.9. The summed E-state index contributed by atoms with van der Waals surface area (Å²) < 4.78 is 6.28. The molecule has 4 heteroatoms. The van der Waals surface area contributed by atoms with E-state index in [1.807, 2.05) is 31.2 Å². The molecule has 0 unspecified atom stereocenters. The Balaban J connectivity index is 2.34. The van der Waals surface area contributed by atoms with Crippen LogP contribution < -0.4 is 0 Å². The van der Waals surface area contributed by atoms with Crippen molar-refractivity contribution < 1.29 is 4.52 Å². The highest BCUT2D eigenvalue weighted by Gasteiger charge is 2.10. The molecule has 1 heterocycles. The van der Waals surface area contributed by atoms with Gasteiger partial charge < -0.3 is 4.52 Å². The van der Waals surface area contributed by atoms with Crippen LogP contribution in [-0.4, -0.2) is 10.1 Å². The van der Waals surface area contributed by atoms with E-state index < -0.39 is 0 Å². The van der Waals surface area contributed by atoms with Crippen LogP contribution in [0.2, 0.25) is 0 Å². The van der Waals surface area contributed by atoms with Gasteiger partial charge in [0.05, 0.1) is 0 Å². The summed E-state index contributed by atoms with van der Waals surface area (Å²) in [6.45, 7) is 1.81. The summed E-state index contributed by atoms with van der Waals surface area (Å²) in [6, 6.07) is 12.1. The van der Waals surface area contributed by atoms with Gasteiger partial charge in [-0.05, 0) is 29.8 Å². The molecule has 3 nitrogen and oxygen atoms in total.